The second-order valence-electron chi connectivity index (χ2n) is 4.38. The molecule has 1 heterocycles. The number of phenols is 1. The minimum Gasteiger partial charge on any atom is -0.506 e. The topological polar surface area (TPSA) is 75.1 Å². The fraction of sp³-hybridized carbons (Fsp3) is 0. The van der Waals surface area contributed by atoms with E-state index in [1.165, 1.54) is 12.1 Å². The number of rotatable bonds is 2. The number of halogens is 1. The Kier molecular flexibility index (Phi) is 3.41. The number of hydrogen-bond acceptors (Lipinski definition) is 4. The zero-order chi connectivity index (χ0) is 14.8. The molecule has 6 heteroatoms. The zero-order valence-electron chi connectivity index (χ0n) is 10.7. The van der Waals surface area contributed by atoms with E-state index in [-0.39, 0.29) is 16.7 Å². The van der Waals surface area contributed by atoms with Crippen molar-refractivity contribution in [3.63, 3.8) is 0 Å². The van der Waals surface area contributed by atoms with Crippen LogP contribution in [0.5, 0.6) is 5.75 Å². The number of nitrogens with zero attached hydrogens (tertiary/aromatic N) is 2. The first-order chi connectivity index (χ1) is 10.1. The molecule has 0 radical (unpaired) electrons. The third kappa shape index (κ3) is 2.78. The minimum atomic E-state index is -0.288. The Morgan fingerprint density at radius 2 is 1.81 bits per heavy atom. The first-order valence-corrected chi connectivity index (χ1v) is 6.52. The molecular weight excluding hydrogens is 290 g/mol. The van der Waals surface area contributed by atoms with Crippen LogP contribution in [0.1, 0.15) is 10.4 Å². The van der Waals surface area contributed by atoms with Gasteiger partial charge in [0.2, 0.25) is 0 Å². The SMILES string of the molecule is O=C(Nc1ccc(O)c(Cl)c1)c1ccc2nccnc2c1. The molecule has 0 aliphatic rings. The van der Waals surface area contributed by atoms with Crippen molar-refractivity contribution >= 4 is 34.2 Å². The standard InChI is InChI=1S/C15H10ClN3O2/c16-11-8-10(2-4-14(11)20)19-15(21)9-1-3-12-13(7-9)18-6-5-17-12/h1-8,20H,(H,19,21). The first-order valence-electron chi connectivity index (χ1n) is 6.14. The summed E-state index contributed by atoms with van der Waals surface area (Å²) in [7, 11) is 0. The molecule has 0 aliphatic heterocycles. The molecule has 0 saturated heterocycles. The molecule has 0 atom stereocenters. The van der Waals surface area contributed by atoms with E-state index >= 15 is 0 Å². The maximum absolute atomic E-state index is 12.2. The predicted molar refractivity (Wildman–Crippen MR) is 80.6 cm³/mol. The van der Waals surface area contributed by atoms with E-state index < -0.39 is 0 Å². The van der Waals surface area contributed by atoms with Gasteiger partial charge in [-0.1, -0.05) is 11.6 Å². The summed E-state index contributed by atoms with van der Waals surface area (Å²) >= 11 is 5.80. The largest absolute Gasteiger partial charge is 0.506 e. The average molecular weight is 300 g/mol. The van der Waals surface area contributed by atoms with Crippen molar-refractivity contribution in [1.29, 1.82) is 0 Å². The summed E-state index contributed by atoms with van der Waals surface area (Å²) in [5.41, 5.74) is 2.34. The smallest absolute Gasteiger partial charge is 0.255 e. The van der Waals surface area contributed by atoms with Crippen LogP contribution in [-0.4, -0.2) is 21.0 Å². The Hall–Kier alpha value is -2.66. The number of nitrogens with one attached hydrogen (secondary N) is 1. The molecule has 5 nitrogen and oxygen atoms in total. The highest BCUT2D eigenvalue weighted by Crippen LogP contribution is 2.26. The van der Waals surface area contributed by atoms with Gasteiger partial charge in [0.05, 0.1) is 16.1 Å². The van der Waals surface area contributed by atoms with Crippen LogP contribution < -0.4 is 5.32 Å². The highest BCUT2D eigenvalue weighted by Gasteiger charge is 2.09. The third-order valence-electron chi connectivity index (χ3n) is 2.94. The molecular formula is C15H10ClN3O2. The van der Waals surface area contributed by atoms with Crippen LogP contribution in [0, 0.1) is 0 Å². The van der Waals surface area contributed by atoms with Crippen LogP contribution in [0.15, 0.2) is 48.8 Å². The lowest BCUT2D eigenvalue weighted by atomic mass is 10.1. The van der Waals surface area contributed by atoms with E-state index in [0.717, 1.165) is 5.52 Å². The van der Waals surface area contributed by atoms with Crippen molar-refractivity contribution in [2.24, 2.45) is 0 Å². The molecule has 3 aromatic rings. The number of benzene rings is 2. The molecule has 0 fully saturated rings. The Bertz CT molecular complexity index is 836. The molecule has 3 rings (SSSR count). The Labute approximate surface area is 125 Å². The second kappa shape index (κ2) is 5.38. The summed E-state index contributed by atoms with van der Waals surface area (Å²) in [6, 6.07) is 9.55. The fourth-order valence-electron chi connectivity index (χ4n) is 1.89. The molecule has 2 aromatic carbocycles. The number of amides is 1. The van der Waals surface area contributed by atoms with Crippen molar-refractivity contribution in [1.82, 2.24) is 9.97 Å². The second-order valence-corrected chi connectivity index (χ2v) is 4.79. The van der Waals surface area contributed by atoms with Crippen LogP contribution in [0.2, 0.25) is 5.02 Å². The molecule has 1 amide bonds. The summed E-state index contributed by atoms with van der Waals surface area (Å²) in [4.78, 5) is 20.5. The van der Waals surface area contributed by atoms with E-state index in [9.17, 15) is 9.90 Å². The minimum absolute atomic E-state index is 0.0318. The zero-order valence-corrected chi connectivity index (χ0v) is 11.5. The molecule has 21 heavy (non-hydrogen) atoms. The van der Waals surface area contributed by atoms with Gasteiger partial charge >= 0.3 is 0 Å². The Morgan fingerprint density at radius 3 is 2.57 bits per heavy atom. The molecule has 0 saturated carbocycles. The molecule has 0 spiro atoms. The molecule has 104 valence electrons. The number of carbonyl (C=O) groups excluding carboxylic acids is 1. The number of aromatic nitrogens is 2. The summed E-state index contributed by atoms with van der Waals surface area (Å²) < 4.78 is 0. The van der Waals surface area contributed by atoms with E-state index in [2.05, 4.69) is 15.3 Å². The monoisotopic (exact) mass is 299 g/mol. The summed E-state index contributed by atoms with van der Waals surface area (Å²) in [5, 5.41) is 12.2. The number of anilines is 1. The predicted octanol–water partition coefficient (Wildman–Crippen LogP) is 3.24. The van der Waals surface area contributed by atoms with Crippen LogP contribution in [0.25, 0.3) is 11.0 Å². The van der Waals surface area contributed by atoms with E-state index in [4.69, 9.17) is 11.6 Å². The number of aromatic hydroxyl groups is 1. The van der Waals surface area contributed by atoms with Crippen LogP contribution in [-0.2, 0) is 0 Å². The van der Waals surface area contributed by atoms with E-state index in [1.807, 2.05) is 0 Å². The van der Waals surface area contributed by atoms with Crippen LogP contribution >= 0.6 is 11.6 Å². The van der Waals surface area contributed by atoms with Gasteiger partial charge in [-0.3, -0.25) is 14.8 Å². The lowest BCUT2D eigenvalue weighted by Gasteiger charge is -2.07. The Balaban J connectivity index is 1.87. The van der Waals surface area contributed by atoms with Crippen LogP contribution in [0.4, 0.5) is 5.69 Å². The van der Waals surface area contributed by atoms with Gasteiger partial charge in [-0.15, -0.1) is 0 Å². The highest BCUT2D eigenvalue weighted by molar-refractivity contribution is 6.32. The number of carbonyl (C=O) groups is 1. The number of hydrogen-bond donors (Lipinski definition) is 2. The van der Waals surface area contributed by atoms with Crippen LogP contribution in [0.3, 0.4) is 0 Å². The highest BCUT2D eigenvalue weighted by atomic mass is 35.5. The van der Waals surface area contributed by atoms with Crippen molar-refractivity contribution in [2.75, 3.05) is 5.32 Å². The lowest BCUT2D eigenvalue weighted by Crippen LogP contribution is -2.11. The van der Waals surface area contributed by atoms with Gasteiger partial charge in [0.25, 0.3) is 5.91 Å². The molecule has 0 bridgehead atoms. The molecule has 1 aromatic heterocycles. The molecule has 0 unspecified atom stereocenters. The molecule has 0 aliphatic carbocycles. The van der Waals surface area contributed by atoms with E-state index in [1.54, 1.807) is 36.7 Å². The van der Waals surface area contributed by atoms with Gasteiger partial charge in [-0.05, 0) is 36.4 Å². The van der Waals surface area contributed by atoms with Crippen molar-refractivity contribution in [2.45, 2.75) is 0 Å². The number of fused-ring (bicyclic) bond motifs is 1. The van der Waals surface area contributed by atoms with Crippen molar-refractivity contribution < 1.29 is 9.90 Å². The number of phenolic OH excluding ortho intramolecular Hbond substituents is 1. The van der Waals surface area contributed by atoms with Gasteiger partial charge in [0, 0.05) is 23.6 Å². The van der Waals surface area contributed by atoms with Gasteiger partial charge in [-0.25, -0.2) is 0 Å². The van der Waals surface area contributed by atoms with E-state index in [0.29, 0.717) is 16.8 Å². The maximum Gasteiger partial charge on any atom is 0.255 e. The van der Waals surface area contributed by atoms with Crippen molar-refractivity contribution in [3.05, 3.63) is 59.4 Å². The Morgan fingerprint density at radius 1 is 1.05 bits per heavy atom. The molecule has 2 N–H and O–H groups in total. The lowest BCUT2D eigenvalue weighted by molar-refractivity contribution is 0.102. The van der Waals surface area contributed by atoms with Gasteiger partial charge in [-0.2, -0.15) is 0 Å². The average Bonchev–Trinajstić information content (AvgIpc) is 2.50. The van der Waals surface area contributed by atoms with Gasteiger partial charge in [0.1, 0.15) is 5.75 Å². The summed E-state index contributed by atoms with van der Waals surface area (Å²) in [6.45, 7) is 0. The maximum atomic E-state index is 12.2. The van der Waals surface area contributed by atoms with Crippen molar-refractivity contribution in [3.8, 4) is 5.75 Å². The van der Waals surface area contributed by atoms with Gasteiger partial charge < -0.3 is 10.4 Å². The summed E-state index contributed by atoms with van der Waals surface area (Å²) in [6.07, 6.45) is 3.17. The quantitative estimate of drug-likeness (QED) is 0.712. The summed E-state index contributed by atoms with van der Waals surface area (Å²) in [5.74, 6) is -0.319. The normalized spacial score (nSPS) is 10.5. The van der Waals surface area contributed by atoms with Gasteiger partial charge in [0.15, 0.2) is 0 Å². The third-order valence-corrected chi connectivity index (χ3v) is 3.24. The first kappa shape index (κ1) is 13.3. The fourth-order valence-corrected chi connectivity index (χ4v) is 2.07.